The Hall–Kier alpha value is -2.21. The van der Waals surface area contributed by atoms with Gasteiger partial charge in [0.1, 0.15) is 0 Å². The Bertz CT molecular complexity index is 777. The van der Waals surface area contributed by atoms with Crippen LogP contribution in [-0.2, 0) is 6.42 Å². The lowest BCUT2D eigenvalue weighted by atomic mass is 9.74. The van der Waals surface area contributed by atoms with Gasteiger partial charge in [-0.05, 0) is 43.1 Å². The minimum absolute atomic E-state index is 0.0311. The van der Waals surface area contributed by atoms with Crippen LogP contribution in [0.2, 0.25) is 0 Å². The summed E-state index contributed by atoms with van der Waals surface area (Å²) in [6.45, 7) is 2.84. The second-order valence-electron chi connectivity index (χ2n) is 8.47. The molecule has 1 aromatic heterocycles. The maximum Gasteiger partial charge on any atom is 0.276 e. The lowest BCUT2D eigenvalue weighted by molar-refractivity contribution is -0.0499. The van der Waals surface area contributed by atoms with Crippen molar-refractivity contribution in [3.05, 3.63) is 47.8 Å². The topological polar surface area (TPSA) is 65.1 Å². The third kappa shape index (κ3) is 3.27. The number of fused-ring (bicyclic) bond motifs is 4. The molecule has 3 aliphatic rings. The number of hydrogen-bond donors (Lipinski definition) is 1. The highest BCUT2D eigenvalue weighted by Crippen LogP contribution is 2.40. The smallest absolute Gasteiger partial charge is 0.276 e. The number of aromatic amines is 1. The monoisotopic (exact) mass is 365 g/mol. The van der Waals surface area contributed by atoms with E-state index in [1.54, 1.807) is 0 Å². The number of aromatic nitrogens is 3. The molecular formula is C21H27N5O. The first kappa shape index (κ1) is 16.9. The molecule has 2 bridgehead atoms. The van der Waals surface area contributed by atoms with E-state index in [4.69, 9.17) is 0 Å². The highest BCUT2D eigenvalue weighted by Gasteiger charge is 2.45. The van der Waals surface area contributed by atoms with Gasteiger partial charge in [-0.1, -0.05) is 36.8 Å². The van der Waals surface area contributed by atoms with Crippen LogP contribution in [0.1, 0.15) is 41.7 Å². The summed E-state index contributed by atoms with van der Waals surface area (Å²) in [4.78, 5) is 17.6. The summed E-state index contributed by atoms with van der Waals surface area (Å²) >= 11 is 0. The number of carbonyl (C=O) groups excluding carboxylic acids is 1. The molecule has 6 nitrogen and oxygen atoms in total. The van der Waals surface area contributed by atoms with Crippen molar-refractivity contribution in [2.45, 2.75) is 44.2 Å². The van der Waals surface area contributed by atoms with Gasteiger partial charge >= 0.3 is 0 Å². The van der Waals surface area contributed by atoms with Crippen LogP contribution in [0.25, 0.3) is 0 Å². The van der Waals surface area contributed by atoms with Crippen LogP contribution in [0.5, 0.6) is 0 Å². The van der Waals surface area contributed by atoms with E-state index in [9.17, 15) is 4.79 Å². The van der Waals surface area contributed by atoms with E-state index in [1.165, 1.54) is 37.4 Å². The number of amides is 1. The van der Waals surface area contributed by atoms with E-state index < -0.39 is 0 Å². The number of nitrogens with zero attached hydrogens (tertiary/aromatic N) is 4. The van der Waals surface area contributed by atoms with Crippen molar-refractivity contribution >= 4 is 5.91 Å². The van der Waals surface area contributed by atoms with Gasteiger partial charge in [0.2, 0.25) is 0 Å². The number of piperidine rings is 3. The molecule has 5 rings (SSSR count). The third-order valence-corrected chi connectivity index (χ3v) is 6.75. The number of nitrogens with one attached hydrogen (secondary N) is 1. The summed E-state index contributed by atoms with van der Waals surface area (Å²) in [5, 5.41) is 10.3. The van der Waals surface area contributed by atoms with Crippen molar-refractivity contribution in [1.29, 1.82) is 0 Å². The summed E-state index contributed by atoms with van der Waals surface area (Å²) in [7, 11) is 0. The summed E-state index contributed by atoms with van der Waals surface area (Å²) in [6.07, 6.45) is 7.83. The van der Waals surface area contributed by atoms with E-state index in [0.717, 1.165) is 26.1 Å². The summed E-state index contributed by atoms with van der Waals surface area (Å²) in [5.41, 5.74) is 1.89. The molecule has 3 fully saturated rings. The summed E-state index contributed by atoms with van der Waals surface area (Å²) in [6, 6.07) is 12.2. The first-order chi connectivity index (χ1) is 13.3. The zero-order valence-corrected chi connectivity index (χ0v) is 15.6. The number of carbonyl (C=O) groups is 1. The quantitative estimate of drug-likeness (QED) is 0.907. The molecule has 0 saturated carbocycles. The fourth-order valence-electron chi connectivity index (χ4n) is 5.65. The fourth-order valence-corrected chi connectivity index (χ4v) is 5.65. The minimum Gasteiger partial charge on any atom is -0.337 e. The van der Waals surface area contributed by atoms with Crippen LogP contribution < -0.4 is 0 Å². The van der Waals surface area contributed by atoms with Gasteiger partial charge in [-0.2, -0.15) is 15.4 Å². The van der Waals surface area contributed by atoms with Crippen molar-refractivity contribution in [2.75, 3.05) is 19.6 Å². The number of benzene rings is 1. The molecular weight excluding hydrogens is 338 g/mol. The Morgan fingerprint density at radius 2 is 2.04 bits per heavy atom. The van der Waals surface area contributed by atoms with Gasteiger partial charge in [0, 0.05) is 31.7 Å². The van der Waals surface area contributed by atoms with Crippen LogP contribution >= 0.6 is 0 Å². The Balaban J connectivity index is 1.31. The molecule has 1 aromatic carbocycles. The molecule has 27 heavy (non-hydrogen) atoms. The number of hydrogen-bond acceptors (Lipinski definition) is 4. The normalized spacial score (nSPS) is 30.7. The molecule has 3 aliphatic heterocycles. The second kappa shape index (κ2) is 7.08. The zero-order valence-electron chi connectivity index (χ0n) is 15.6. The Morgan fingerprint density at radius 3 is 2.85 bits per heavy atom. The molecule has 0 spiro atoms. The first-order valence-corrected chi connectivity index (χ1v) is 10.2. The molecule has 0 aliphatic carbocycles. The van der Waals surface area contributed by atoms with E-state index in [0.29, 0.717) is 29.6 Å². The maximum atomic E-state index is 12.7. The third-order valence-electron chi connectivity index (χ3n) is 6.75. The highest BCUT2D eigenvalue weighted by molar-refractivity contribution is 5.92. The Morgan fingerprint density at radius 1 is 1.15 bits per heavy atom. The van der Waals surface area contributed by atoms with Gasteiger partial charge in [0.15, 0.2) is 5.69 Å². The molecule has 6 heteroatoms. The van der Waals surface area contributed by atoms with Gasteiger partial charge in [-0.25, -0.2) is 0 Å². The Labute approximate surface area is 159 Å². The molecule has 4 heterocycles. The second-order valence-corrected chi connectivity index (χ2v) is 8.47. The number of rotatable bonds is 3. The predicted molar refractivity (Wildman–Crippen MR) is 102 cm³/mol. The predicted octanol–water partition coefficient (Wildman–Crippen LogP) is 2.36. The average molecular weight is 365 g/mol. The number of likely N-dealkylation sites (tertiary alicyclic amines) is 1. The molecule has 2 aromatic rings. The molecule has 1 amide bonds. The van der Waals surface area contributed by atoms with Crippen molar-refractivity contribution in [2.24, 2.45) is 11.8 Å². The minimum atomic E-state index is 0.0311. The maximum absolute atomic E-state index is 12.7. The van der Waals surface area contributed by atoms with Crippen molar-refractivity contribution in [1.82, 2.24) is 25.2 Å². The molecule has 142 valence electrons. The van der Waals surface area contributed by atoms with Crippen molar-refractivity contribution in [3.63, 3.8) is 0 Å². The highest BCUT2D eigenvalue weighted by atomic mass is 16.2. The molecule has 4 atom stereocenters. The SMILES string of the molecule is O=C(c1cn[nH]n1)N1C[C@@H]2C[C@H](C1)[C@@H]1CCC[C@H](Cc3ccccc3)N1C2. The lowest BCUT2D eigenvalue weighted by Gasteiger charge is -2.55. The Kier molecular flexibility index (Phi) is 4.44. The van der Waals surface area contributed by atoms with Crippen molar-refractivity contribution in [3.8, 4) is 0 Å². The number of H-pyrrole nitrogens is 1. The van der Waals surface area contributed by atoms with E-state index in [1.807, 2.05) is 4.90 Å². The molecule has 3 saturated heterocycles. The summed E-state index contributed by atoms with van der Waals surface area (Å²) < 4.78 is 0. The zero-order chi connectivity index (χ0) is 18.2. The largest absolute Gasteiger partial charge is 0.337 e. The van der Waals surface area contributed by atoms with Crippen LogP contribution in [0, 0.1) is 11.8 Å². The van der Waals surface area contributed by atoms with Gasteiger partial charge in [0.25, 0.3) is 5.91 Å². The van der Waals surface area contributed by atoms with Gasteiger partial charge < -0.3 is 4.90 Å². The van der Waals surface area contributed by atoms with Crippen LogP contribution in [0.4, 0.5) is 0 Å². The van der Waals surface area contributed by atoms with Gasteiger partial charge in [-0.15, -0.1) is 0 Å². The summed E-state index contributed by atoms with van der Waals surface area (Å²) in [5.74, 6) is 1.20. The van der Waals surface area contributed by atoms with E-state index in [2.05, 4.69) is 50.6 Å². The van der Waals surface area contributed by atoms with E-state index >= 15 is 0 Å². The van der Waals surface area contributed by atoms with E-state index in [-0.39, 0.29) is 5.91 Å². The van der Waals surface area contributed by atoms with Gasteiger partial charge in [-0.3, -0.25) is 9.69 Å². The van der Waals surface area contributed by atoms with Crippen LogP contribution in [-0.4, -0.2) is 62.8 Å². The molecule has 0 radical (unpaired) electrons. The molecule has 0 unspecified atom stereocenters. The standard InChI is InChI=1S/C21H27N5O/c27-21(19-11-22-24-23-19)25-12-16-9-17(14-25)20-8-4-7-18(26(20)13-16)10-15-5-2-1-3-6-15/h1-3,5-6,11,16-18,20H,4,7-10,12-14H2,(H,22,23,24)/t16-,17+,18+,20-/m0/s1. The first-order valence-electron chi connectivity index (χ1n) is 10.2. The fraction of sp³-hybridized carbons (Fsp3) is 0.571. The van der Waals surface area contributed by atoms with Crippen LogP contribution in [0.3, 0.4) is 0 Å². The molecule has 1 N–H and O–H groups in total. The lowest BCUT2D eigenvalue weighted by Crippen LogP contribution is -2.62. The van der Waals surface area contributed by atoms with Crippen LogP contribution in [0.15, 0.2) is 36.5 Å². The van der Waals surface area contributed by atoms with Crippen molar-refractivity contribution < 1.29 is 4.79 Å². The van der Waals surface area contributed by atoms with Gasteiger partial charge in [0.05, 0.1) is 6.20 Å². The average Bonchev–Trinajstić information content (AvgIpc) is 3.23.